The van der Waals surface area contributed by atoms with Crippen LogP contribution in [0.15, 0.2) is 55.1 Å². The molecule has 2 N–H and O–H groups in total. The van der Waals surface area contributed by atoms with E-state index >= 15 is 0 Å². The van der Waals surface area contributed by atoms with Crippen LogP contribution < -0.4 is 15.5 Å². The highest BCUT2D eigenvalue weighted by molar-refractivity contribution is 5.95. The first-order valence-electron chi connectivity index (χ1n) is 12.7. The van der Waals surface area contributed by atoms with Gasteiger partial charge < -0.3 is 20.3 Å². The van der Waals surface area contributed by atoms with Gasteiger partial charge in [-0.2, -0.15) is 0 Å². The molecule has 37 heavy (non-hydrogen) atoms. The summed E-state index contributed by atoms with van der Waals surface area (Å²) in [5.41, 5.74) is 5.81. The van der Waals surface area contributed by atoms with Crippen LogP contribution in [0.5, 0.6) is 0 Å². The number of rotatable bonds is 9. The summed E-state index contributed by atoms with van der Waals surface area (Å²) in [4.78, 5) is 29.5. The minimum Gasteiger partial charge on any atom is -0.491 e. The number of pyridine rings is 1. The van der Waals surface area contributed by atoms with Crippen LogP contribution >= 0.6 is 0 Å². The van der Waals surface area contributed by atoms with Gasteiger partial charge in [-0.05, 0) is 85.1 Å². The quantitative estimate of drug-likeness (QED) is 0.199. The van der Waals surface area contributed by atoms with E-state index in [1.165, 1.54) is 44.3 Å². The maximum absolute atomic E-state index is 12.3. The first kappa shape index (κ1) is 29.6. The van der Waals surface area contributed by atoms with Gasteiger partial charge in [-0.15, -0.1) is 0 Å². The fourth-order valence-corrected chi connectivity index (χ4v) is 3.90. The van der Waals surface area contributed by atoms with E-state index < -0.39 is 0 Å². The van der Waals surface area contributed by atoms with Gasteiger partial charge in [0.1, 0.15) is 0 Å². The molecule has 1 aromatic heterocycles. The van der Waals surface area contributed by atoms with Crippen molar-refractivity contribution >= 4 is 29.3 Å². The molecule has 0 saturated carbocycles. The first-order valence-corrected chi connectivity index (χ1v) is 12.7. The number of ether oxygens (including phenoxy) is 1. The van der Waals surface area contributed by atoms with E-state index in [0.717, 1.165) is 17.5 Å². The highest BCUT2D eigenvalue weighted by Gasteiger charge is 2.15. The number of benzene rings is 1. The van der Waals surface area contributed by atoms with Gasteiger partial charge in [-0.3, -0.25) is 14.6 Å². The lowest BCUT2D eigenvalue weighted by atomic mass is 9.92. The third-order valence-corrected chi connectivity index (χ3v) is 6.05. The van der Waals surface area contributed by atoms with Crippen LogP contribution in [0.2, 0.25) is 0 Å². The fourth-order valence-electron chi connectivity index (χ4n) is 3.90. The van der Waals surface area contributed by atoms with Gasteiger partial charge in [0.2, 0.25) is 6.41 Å². The van der Waals surface area contributed by atoms with Gasteiger partial charge in [0.05, 0.1) is 19.0 Å². The monoisotopic (exact) mass is 506 g/mol. The summed E-state index contributed by atoms with van der Waals surface area (Å²) in [5, 5.41) is 5.47. The second kappa shape index (κ2) is 14.2. The molecule has 2 aromatic rings. The van der Waals surface area contributed by atoms with Crippen LogP contribution in [-0.2, 0) is 14.3 Å². The lowest BCUT2D eigenvalue weighted by Crippen LogP contribution is -2.29. The molecule has 0 unspecified atom stereocenters. The SMILES string of the molecule is C=C(/C=C(\OC)C(=O)NCCC(C)(C)C)c1cc(NC=O)ccc1C.Cc1cncc(N2CCCC2)c1. The Kier molecular flexibility index (Phi) is 11.4. The number of methoxy groups -OCH3 is 1. The molecule has 0 spiro atoms. The molecule has 0 atom stereocenters. The van der Waals surface area contributed by atoms with Crippen molar-refractivity contribution in [2.45, 2.75) is 53.9 Å². The second-order valence-electron chi connectivity index (χ2n) is 10.5. The summed E-state index contributed by atoms with van der Waals surface area (Å²) in [6.45, 7) is 17.4. The van der Waals surface area contributed by atoms with E-state index in [1.807, 2.05) is 31.5 Å². The Morgan fingerprint density at radius 2 is 1.86 bits per heavy atom. The molecule has 0 bridgehead atoms. The number of nitrogens with zero attached hydrogens (tertiary/aromatic N) is 2. The Bertz CT molecular complexity index is 1100. The van der Waals surface area contributed by atoms with E-state index in [-0.39, 0.29) is 17.1 Å². The summed E-state index contributed by atoms with van der Waals surface area (Å²) in [5.74, 6) is -0.0696. The van der Waals surface area contributed by atoms with Gasteiger partial charge in [-0.25, -0.2) is 0 Å². The molecule has 200 valence electrons. The van der Waals surface area contributed by atoms with Crippen molar-refractivity contribution in [3.05, 3.63) is 71.8 Å². The van der Waals surface area contributed by atoms with E-state index in [0.29, 0.717) is 24.2 Å². The van der Waals surface area contributed by atoms with Crippen molar-refractivity contribution in [1.82, 2.24) is 10.3 Å². The lowest BCUT2D eigenvalue weighted by Gasteiger charge is -2.18. The Hall–Kier alpha value is -3.61. The highest BCUT2D eigenvalue weighted by atomic mass is 16.5. The summed E-state index contributed by atoms with van der Waals surface area (Å²) >= 11 is 0. The zero-order chi connectivity index (χ0) is 27.4. The number of allylic oxidation sites excluding steroid dienone is 2. The predicted octanol–water partition coefficient (Wildman–Crippen LogP) is 5.65. The molecule has 1 aliphatic heterocycles. The Balaban J connectivity index is 0.000000330. The molecule has 7 nitrogen and oxygen atoms in total. The van der Waals surface area contributed by atoms with Gasteiger partial charge in [-0.1, -0.05) is 33.4 Å². The molecule has 7 heteroatoms. The van der Waals surface area contributed by atoms with E-state index in [4.69, 9.17) is 4.74 Å². The average molecular weight is 507 g/mol. The first-order chi connectivity index (χ1) is 17.5. The molecule has 2 heterocycles. The normalized spacial score (nSPS) is 13.4. The molecule has 3 rings (SSSR count). The number of anilines is 2. The predicted molar refractivity (Wildman–Crippen MR) is 152 cm³/mol. The van der Waals surface area contributed by atoms with Gasteiger partial charge in [0, 0.05) is 31.5 Å². The maximum atomic E-state index is 12.3. The Labute approximate surface area is 222 Å². The second-order valence-corrected chi connectivity index (χ2v) is 10.5. The average Bonchev–Trinajstić information content (AvgIpc) is 3.38. The summed E-state index contributed by atoms with van der Waals surface area (Å²) in [7, 11) is 1.46. The van der Waals surface area contributed by atoms with Crippen LogP contribution in [0.4, 0.5) is 11.4 Å². The molecular formula is C30H42N4O3. The van der Waals surface area contributed by atoms with E-state index in [1.54, 1.807) is 12.1 Å². The lowest BCUT2D eigenvalue weighted by molar-refractivity contribution is -0.120. The molecule has 0 radical (unpaired) electrons. The van der Waals surface area contributed by atoms with Crippen molar-refractivity contribution in [3.63, 3.8) is 0 Å². The Morgan fingerprint density at radius 1 is 1.16 bits per heavy atom. The zero-order valence-electron chi connectivity index (χ0n) is 23.2. The summed E-state index contributed by atoms with van der Waals surface area (Å²) in [6, 6.07) is 7.71. The molecule has 2 amide bonds. The maximum Gasteiger partial charge on any atom is 0.286 e. The number of hydrogen-bond donors (Lipinski definition) is 2. The standard InChI is InChI=1S/C20H28N2O3.C10H14N2/c1-14-7-8-16(22-13-23)12-17(14)15(2)11-18(25-6)19(24)21-10-9-20(3,4)5;1-9-6-10(8-11-7-9)12-4-2-3-5-12/h7-8,11-13H,2,9-10H2,1,3-6H3,(H,21,24)(H,22,23);6-8H,2-5H2,1H3/b18-11-;. The number of aromatic nitrogens is 1. The summed E-state index contributed by atoms with van der Waals surface area (Å²) < 4.78 is 5.22. The minimum absolute atomic E-state index is 0.150. The smallest absolute Gasteiger partial charge is 0.286 e. The van der Waals surface area contributed by atoms with E-state index in [2.05, 4.69) is 60.9 Å². The largest absolute Gasteiger partial charge is 0.491 e. The number of carbonyl (C=O) groups is 2. The van der Waals surface area contributed by atoms with Crippen molar-refractivity contribution in [2.75, 3.05) is 37.0 Å². The van der Waals surface area contributed by atoms with Crippen molar-refractivity contribution in [3.8, 4) is 0 Å². The number of carbonyl (C=O) groups excluding carboxylic acids is 2. The van der Waals surface area contributed by atoms with Gasteiger partial charge in [0.15, 0.2) is 5.76 Å². The minimum atomic E-state index is -0.271. The topological polar surface area (TPSA) is 83.6 Å². The van der Waals surface area contributed by atoms with Crippen molar-refractivity contribution < 1.29 is 14.3 Å². The molecule has 1 saturated heterocycles. The Morgan fingerprint density at radius 3 is 2.46 bits per heavy atom. The third-order valence-electron chi connectivity index (χ3n) is 6.05. The molecule has 1 fully saturated rings. The van der Waals surface area contributed by atoms with Crippen LogP contribution in [0.25, 0.3) is 5.57 Å². The zero-order valence-corrected chi connectivity index (χ0v) is 23.2. The molecule has 0 aliphatic carbocycles. The third kappa shape index (κ3) is 10.1. The van der Waals surface area contributed by atoms with Gasteiger partial charge >= 0.3 is 0 Å². The molecule has 1 aliphatic rings. The number of aryl methyl sites for hydroxylation is 2. The number of nitrogens with one attached hydrogen (secondary N) is 2. The number of amides is 2. The van der Waals surface area contributed by atoms with Crippen LogP contribution in [0, 0.1) is 19.3 Å². The molecule has 1 aromatic carbocycles. The fraction of sp³-hybridized carbons (Fsp3) is 0.433. The van der Waals surface area contributed by atoms with Crippen molar-refractivity contribution in [1.29, 1.82) is 0 Å². The van der Waals surface area contributed by atoms with Crippen LogP contribution in [-0.4, -0.2) is 44.0 Å². The van der Waals surface area contributed by atoms with Gasteiger partial charge in [0.25, 0.3) is 5.91 Å². The van der Waals surface area contributed by atoms with Crippen molar-refractivity contribution in [2.24, 2.45) is 5.41 Å². The highest BCUT2D eigenvalue weighted by Crippen LogP contribution is 2.24. The molecular weight excluding hydrogens is 464 g/mol. The number of hydrogen-bond acceptors (Lipinski definition) is 5. The summed E-state index contributed by atoms with van der Waals surface area (Å²) in [6.07, 6.45) is 9.62. The van der Waals surface area contributed by atoms with E-state index in [9.17, 15) is 9.59 Å². The van der Waals surface area contributed by atoms with Crippen LogP contribution in [0.1, 0.15) is 56.7 Å². The van der Waals surface area contributed by atoms with Crippen LogP contribution in [0.3, 0.4) is 0 Å².